The summed E-state index contributed by atoms with van der Waals surface area (Å²) in [6.45, 7) is 4.52. The average molecular weight is 291 g/mol. The Morgan fingerprint density at radius 1 is 1.56 bits per heavy atom. The summed E-state index contributed by atoms with van der Waals surface area (Å²) >= 11 is 1.64. The van der Waals surface area contributed by atoms with Crippen molar-refractivity contribution in [1.29, 1.82) is 0 Å². The van der Waals surface area contributed by atoms with Crippen LogP contribution in [0.25, 0.3) is 0 Å². The van der Waals surface area contributed by atoms with Crippen LogP contribution in [-0.2, 0) is 19.8 Å². The maximum absolute atomic E-state index is 2.27. The predicted molar refractivity (Wildman–Crippen MR) is 35.6 cm³/mol. The Morgan fingerprint density at radius 2 is 2.22 bits per heavy atom. The molecule has 0 heterocycles. The predicted octanol–water partition coefficient (Wildman–Crippen LogP) is 2.40. The Bertz CT molecular complexity index is 163. The molecule has 0 aromatic carbocycles. The summed E-state index contributed by atoms with van der Waals surface area (Å²) in [6, 6.07) is 0. The van der Waals surface area contributed by atoms with Crippen LogP contribution in [0, 0.1) is 5.92 Å². The topological polar surface area (TPSA) is 0 Å². The minimum absolute atomic E-state index is 0.733. The first kappa shape index (κ1) is 7.28. The quantitative estimate of drug-likeness (QED) is 0.696. The molecule has 0 atom stereocenters. The van der Waals surface area contributed by atoms with Gasteiger partial charge >= 0.3 is 67.7 Å². The zero-order valence-corrected chi connectivity index (χ0v) is 8.78. The zero-order valence-electron chi connectivity index (χ0n) is 5.85. The van der Waals surface area contributed by atoms with Crippen LogP contribution in [0.4, 0.5) is 0 Å². The van der Waals surface area contributed by atoms with Crippen molar-refractivity contribution in [3.05, 3.63) is 21.7 Å². The van der Waals surface area contributed by atoms with Gasteiger partial charge in [0, 0.05) is 0 Å². The molecule has 1 aliphatic carbocycles. The van der Waals surface area contributed by atoms with Gasteiger partial charge in [-0.25, -0.2) is 0 Å². The molecule has 9 heavy (non-hydrogen) atoms. The van der Waals surface area contributed by atoms with Crippen molar-refractivity contribution in [2.24, 2.45) is 5.92 Å². The fraction of sp³-hybridized carbons (Fsp3) is 0.500. The van der Waals surface area contributed by atoms with Crippen molar-refractivity contribution in [3.63, 3.8) is 0 Å². The van der Waals surface area contributed by atoms with E-state index in [4.69, 9.17) is 0 Å². The molecule has 0 nitrogen and oxygen atoms in total. The summed E-state index contributed by atoms with van der Waals surface area (Å²) in [7, 11) is 0. The molecule has 0 bridgehead atoms. The van der Waals surface area contributed by atoms with Crippen LogP contribution < -0.4 is 0 Å². The molecule has 1 aliphatic rings. The Balaban J connectivity index is 2.77. The first-order valence-corrected chi connectivity index (χ1v) is 4.75. The van der Waals surface area contributed by atoms with Gasteiger partial charge < -0.3 is 0 Å². The van der Waals surface area contributed by atoms with Crippen molar-refractivity contribution in [1.82, 2.24) is 0 Å². The molecule has 0 aromatic rings. The van der Waals surface area contributed by atoms with E-state index in [1.54, 1.807) is 29.3 Å². The summed E-state index contributed by atoms with van der Waals surface area (Å²) < 4.78 is 1.63. The van der Waals surface area contributed by atoms with E-state index in [9.17, 15) is 0 Å². The van der Waals surface area contributed by atoms with Crippen molar-refractivity contribution < 1.29 is 19.8 Å². The van der Waals surface area contributed by atoms with Gasteiger partial charge in [-0.3, -0.25) is 0 Å². The second kappa shape index (κ2) is 2.83. The maximum atomic E-state index is 2.27. The third-order valence-electron chi connectivity index (χ3n) is 1.54. The molecule has 0 N–H and O–H groups in total. The monoisotopic (exact) mass is 291 g/mol. The standard InChI is InChI=1S/C8H11.W/c1-7(2)8-5-3-4-6-8;/h3,5,7H,4H2,1-2H3;. The molecule has 0 saturated carbocycles. The molecule has 0 spiro atoms. The SMILES string of the molecule is CC(C)C1=[C]([W])CC=C1. The van der Waals surface area contributed by atoms with E-state index in [0.717, 1.165) is 5.92 Å². The Labute approximate surface area is 67.9 Å². The van der Waals surface area contributed by atoms with Gasteiger partial charge in [0.1, 0.15) is 0 Å². The van der Waals surface area contributed by atoms with Crippen LogP contribution in [-0.4, -0.2) is 0 Å². The third kappa shape index (κ3) is 1.55. The van der Waals surface area contributed by atoms with Crippen molar-refractivity contribution in [2.75, 3.05) is 0 Å². The second-order valence-corrected chi connectivity index (χ2v) is 4.41. The third-order valence-corrected chi connectivity index (χ3v) is 2.99. The normalized spacial score (nSPS) is 18.1. The fourth-order valence-corrected chi connectivity index (χ4v) is 2.46. The van der Waals surface area contributed by atoms with Crippen LogP contribution in [0.2, 0.25) is 0 Å². The van der Waals surface area contributed by atoms with E-state index >= 15 is 0 Å². The molecule has 0 saturated heterocycles. The van der Waals surface area contributed by atoms with E-state index in [0.29, 0.717) is 0 Å². The van der Waals surface area contributed by atoms with Gasteiger partial charge in [0.2, 0.25) is 0 Å². The number of hydrogen-bond acceptors (Lipinski definition) is 0. The molecule has 0 unspecified atom stereocenters. The molecule has 0 amide bonds. The minimum atomic E-state index is 0.733. The van der Waals surface area contributed by atoms with Gasteiger partial charge in [0.25, 0.3) is 0 Å². The molecule has 0 fully saturated rings. The number of rotatable bonds is 1. The van der Waals surface area contributed by atoms with Crippen molar-refractivity contribution >= 4 is 0 Å². The van der Waals surface area contributed by atoms with Gasteiger partial charge in [-0.2, -0.15) is 0 Å². The van der Waals surface area contributed by atoms with Crippen molar-refractivity contribution in [2.45, 2.75) is 20.3 Å². The van der Waals surface area contributed by atoms with E-state index in [1.807, 2.05) is 0 Å². The Hall–Kier alpha value is 0.168. The van der Waals surface area contributed by atoms with Gasteiger partial charge in [0.05, 0.1) is 0 Å². The van der Waals surface area contributed by atoms with E-state index in [1.165, 1.54) is 6.42 Å². The molecule has 1 heteroatoms. The van der Waals surface area contributed by atoms with Crippen LogP contribution >= 0.6 is 0 Å². The summed E-state index contributed by atoms with van der Waals surface area (Å²) in [6.07, 6.45) is 5.74. The van der Waals surface area contributed by atoms with E-state index in [2.05, 4.69) is 26.0 Å². The molecule has 0 aromatic heterocycles. The van der Waals surface area contributed by atoms with Gasteiger partial charge in [-0.05, 0) is 0 Å². The summed E-state index contributed by atoms with van der Waals surface area (Å²) in [4.78, 5) is 0. The van der Waals surface area contributed by atoms with Crippen LogP contribution in [0.15, 0.2) is 21.7 Å². The first-order chi connectivity index (χ1) is 4.22. The second-order valence-electron chi connectivity index (χ2n) is 2.64. The summed E-state index contributed by atoms with van der Waals surface area (Å²) in [5.74, 6) is 0.733. The van der Waals surface area contributed by atoms with Crippen LogP contribution in [0.5, 0.6) is 0 Å². The van der Waals surface area contributed by atoms with Crippen LogP contribution in [0.1, 0.15) is 20.3 Å². The molecule has 0 aliphatic heterocycles. The summed E-state index contributed by atoms with van der Waals surface area (Å²) in [5, 5.41) is 0. The number of allylic oxidation sites excluding steroid dienone is 4. The number of hydrogen-bond donors (Lipinski definition) is 0. The molecular formula is C8H11W. The molecule has 1 rings (SSSR count). The zero-order chi connectivity index (χ0) is 6.85. The van der Waals surface area contributed by atoms with Crippen molar-refractivity contribution in [3.8, 4) is 0 Å². The molecule has 0 radical (unpaired) electrons. The average Bonchev–Trinajstić information content (AvgIpc) is 2.13. The van der Waals surface area contributed by atoms with Gasteiger partial charge in [0.15, 0.2) is 0 Å². The molecular weight excluding hydrogens is 280 g/mol. The van der Waals surface area contributed by atoms with Gasteiger partial charge in [-0.15, -0.1) is 0 Å². The fourth-order valence-electron chi connectivity index (χ4n) is 1.02. The van der Waals surface area contributed by atoms with E-state index in [-0.39, 0.29) is 0 Å². The Morgan fingerprint density at radius 3 is 2.44 bits per heavy atom. The Kier molecular flexibility index (Phi) is 2.29. The first-order valence-electron chi connectivity index (χ1n) is 3.28. The summed E-state index contributed by atoms with van der Waals surface area (Å²) in [5.41, 5.74) is 1.57. The van der Waals surface area contributed by atoms with Gasteiger partial charge in [-0.1, -0.05) is 0 Å². The van der Waals surface area contributed by atoms with Crippen LogP contribution in [0.3, 0.4) is 0 Å². The molecule has 49 valence electrons. The van der Waals surface area contributed by atoms with E-state index < -0.39 is 0 Å².